The number of hydrogen-bond donors (Lipinski definition) is 2. The number of halogens is 2. The maximum atomic E-state index is 12.5. The Morgan fingerprint density at radius 1 is 0.958 bits per heavy atom. The summed E-state index contributed by atoms with van der Waals surface area (Å²) in [4.78, 5) is 25.0. The third kappa shape index (κ3) is 2.44. The second-order valence-electron chi connectivity index (χ2n) is 5.77. The number of benzene rings is 2. The van der Waals surface area contributed by atoms with Gasteiger partial charge in [0.15, 0.2) is 0 Å². The summed E-state index contributed by atoms with van der Waals surface area (Å²) in [6, 6.07) is 14.3. The molecular formula is C18H12BrClN2O2. The number of rotatable bonds is 2. The van der Waals surface area contributed by atoms with E-state index in [0.29, 0.717) is 16.3 Å². The molecule has 2 unspecified atom stereocenters. The third-order valence-electron chi connectivity index (χ3n) is 4.34. The topological polar surface area (TPSA) is 58.2 Å². The van der Waals surface area contributed by atoms with Crippen LogP contribution in [-0.4, -0.2) is 11.8 Å². The summed E-state index contributed by atoms with van der Waals surface area (Å²) < 4.78 is 0.948. The van der Waals surface area contributed by atoms with Crippen molar-refractivity contribution in [1.29, 1.82) is 0 Å². The minimum atomic E-state index is -0.524. The van der Waals surface area contributed by atoms with E-state index in [1.165, 1.54) is 0 Å². The molecule has 1 saturated heterocycles. The van der Waals surface area contributed by atoms with E-state index in [-0.39, 0.29) is 17.9 Å². The summed E-state index contributed by atoms with van der Waals surface area (Å²) in [5.74, 6) is -0.901. The van der Waals surface area contributed by atoms with Crippen molar-refractivity contribution < 1.29 is 9.59 Å². The SMILES string of the molecule is O=C1NC(c2ccc(Br)cc2)C2C(=O)NC(c3ccc(Cl)cc3)=C12. The highest BCUT2D eigenvalue weighted by atomic mass is 79.9. The van der Waals surface area contributed by atoms with Gasteiger partial charge >= 0.3 is 0 Å². The van der Waals surface area contributed by atoms with Crippen LogP contribution in [0.25, 0.3) is 5.70 Å². The highest BCUT2D eigenvalue weighted by Gasteiger charge is 2.49. The van der Waals surface area contributed by atoms with Crippen molar-refractivity contribution in [1.82, 2.24) is 10.6 Å². The number of carbonyl (C=O) groups excluding carboxylic acids is 2. The first kappa shape index (κ1) is 15.4. The van der Waals surface area contributed by atoms with Crippen LogP contribution in [0.5, 0.6) is 0 Å². The molecule has 2 N–H and O–H groups in total. The standard InChI is InChI=1S/C18H12BrClN2O2/c19-11-5-1-9(2-6-11)15-13-14(18(24)21-15)16(22-17(13)23)10-3-7-12(20)8-4-10/h1-8,13,15H,(H,21,24)(H,22,23). The highest BCUT2D eigenvalue weighted by molar-refractivity contribution is 9.10. The zero-order valence-electron chi connectivity index (χ0n) is 12.3. The van der Waals surface area contributed by atoms with Gasteiger partial charge in [-0.3, -0.25) is 9.59 Å². The Labute approximate surface area is 152 Å². The van der Waals surface area contributed by atoms with Crippen molar-refractivity contribution in [2.75, 3.05) is 0 Å². The average Bonchev–Trinajstić information content (AvgIpc) is 3.08. The van der Waals surface area contributed by atoms with E-state index in [4.69, 9.17) is 11.6 Å². The molecule has 0 aliphatic carbocycles. The lowest BCUT2D eigenvalue weighted by Crippen LogP contribution is -2.29. The molecule has 2 aromatic rings. The van der Waals surface area contributed by atoms with E-state index in [0.717, 1.165) is 15.6 Å². The van der Waals surface area contributed by atoms with Gasteiger partial charge in [-0.2, -0.15) is 0 Å². The van der Waals surface area contributed by atoms with Gasteiger partial charge in [0, 0.05) is 9.50 Å². The monoisotopic (exact) mass is 402 g/mol. The van der Waals surface area contributed by atoms with Crippen LogP contribution >= 0.6 is 27.5 Å². The predicted molar refractivity (Wildman–Crippen MR) is 95.0 cm³/mol. The van der Waals surface area contributed by atoms with Crippen molar-refractivity contribution >= 4 is 45.0 Å². The van der Waals surface area contributed by atoms with Gasteiger partial charge in [-0.25, -0.2) is 0 Å². The molecule has 1 fully saturated rings. The number of nitrogens with one attached hydrogen (secondary N) is 2. The van der Waals surface area contributed by atoms with E-state index >= 15 is 0 Å². The molecule has 0 bridgehead atoms. The minimum absolute atomic E-state index is 0.166. The molecule has 0 aromatic heterocycles. The van der Waals surface area contributed by atoms with Gasteiger partial charge in [-0.15, -0.1) is 0 Å². The van der Waals surface area contributed by atoms with Crippen LogP contribution in [0.2, 0.25) is 5.02 Å². The van der Waals surface area contributed by atoms with Gasteiger partial charge < -0.3 is 10.6 Å². The lowest BCUT2D eigenvalue weighted by atomic mass is 9.91. The maximum absolute atomic E-state index is 12.5. The molecule has 120 valence electrons. The Bertz CT molecular complexity index is 875. The summed E-state index contributed by atoms with van der Waals surface area (Å²) in [6.45, 7) is 0. The fraction of sp³-hybridized carbons (Fsp3) is 0.111. The molecule has 2 aliphatic heterocycles. The largest absolute Gasteiger partial charge is 0.344 e. The zero-order chi connectivity index (χ0) is 16.8. The lowest BCUT2D eigenvalue weighted by molar-refractivity contribution is -0.122. The Hall–Kier alpha value is -2.11. The molecule has 2 aliphatic rings. The van der Waals surface area contributed by atoms with Crippen molar-refractivity contribution in [3.8, 4) is 0 Å². The minimum Gasteiger partial charge on any atom is -0.344 e. The van der Waals surface area contributed by atoms with Crippen LogP contribution < -0.4 is 10.6 Å². The van der Waals surface area contributed by atoms with E-state index in [1.54, 1.807) is 24.3 Å². The first-order valence-electron chi connectivity index (χ1n) is 7.42. The first-order chi connectivity index (χ1) is 11.5. The summed E-state index contributed by atoms with van der Waals surface area (Å²) in [6.07, 6.45) is 0. The lowest BCUT2D eigenvalue weighted by Gasteiger charge is -2.15. The van der Waals surface area contributed by atoms with E-state index in [2.05, 4.69) is 26.6 Å². The van der Waals surface area contributed by atoms with Gasteiger partial charge in [0.2, 0.25) is 5.91 Å². The molecule has 2 atom stereocenters. The third-order valence-corrected chi connectivity index (χ3v) is 5.12. The molecule has 4 nitrogen and oxygen atoms in total. The van der Waals surface area contributed by atoms with Crippen LogP contribution in [0, 0.1) is 5.92 Å². The van der Waals surface area contributed by atoms with Gasteiger partial charge in [-0.05, 0) is 35.4 Å². The summed E-state index contributed by atoms with van der Waals surface area (Å²) in [5, 5.41) is 6.40. The zero-order valence-corrected chi connectivity index (χ0v) is 14.7. The average molecular weight is 404 g/mol. The highest BCUT2D eigenvalue weighted by Crippen LogP contribution is 2.41. The van der Waals surface area contributed by atoms with Crippen molar-refractivity contribution in [3.05, 3.63) is 74.7 Å². The first-order valence-corrected chi connectivity index (χ1v) is 8.59. The Balaban J connectivity index is 1.78. The van der Waals surface area contributed by atoms with Crippen LogP contribution in [0.1, 0.15) is 17.2 Å². The van der Waals surface area contributed by atoms with Gasteiger partial charge in [-0.1, -0.05) is 51.8 Å². The molecule has 2 amide bonds. The van der Waals surface area contributed by atoms with Gasteiger partial charge in [0.05, 0.1) is 23.2 Å². The van der Waals surface area contributed by atoms with Gasteiger partial charge in [0.1, 0.15) is 0 Å². The molecule has 2 aromatic carbocycles. The summed E-state index contributed by atoms with van der Waals surface area (Å²) >= 11 is 9.31. The number of fused-ring (bicyclic) bond motifs is 1. The normalized spacial score (nSPS) is 22.4. The maximum Gasteiger partial charge on any atom is 0.250 e. The smallest absolute Gasteiger partial charge is 0.250 e. The molecule has 24 heavy (non-hydrogen) atoms. The Morgan fingerprint density at radius 3 is 2.29 bits per heavy atom. The van der Waals surface area contributed by atoms with Gasteiger partial charge in [0.25, 0.3) is 5.91 Å². The van der Waals surface area contributed by atoms with Crippen LogP contribution in [0.4, 0.5) is 0 Å². The number of amides is 2. The van der Waals surface area contributed by atoms with Crippen LogP contribution in [0.15, 0.2) is 58.6 Å². The van der Waals surface area contributed by atoms with E-state index in [1.807, 2.05) is 24.3 Å². The molecule has 0 radical (unpaired) electrons. The number of carbonyl (C=O) groups is 2. The van der Waals surface area contributed by atoms with Crippen molar-refractivity contribution in [2.45, 2.75) is 6.04 Å². The van der Waals surface area contributed by atoms with Crippen LogP contribution in [0.3, 0.4) is 0 Å². The molecule has 4 rings (SSSR count). The second kappa shape index (κ2) is 5.76. The molecule has 0 saturated carbocycles. The molecule has 6 heteroatoms. The quantitative estimate of drug-likeness (QED) is 0.807. The van der Waals surface area contributed by atoms with Crippen molar-refractivity contribution in [3.63, 3.8) is 0 Å². The fourth-order valence-electron chi connectivity index (χ4n) is 3.22. The van der Waals surface area contributed by atoms with Crippen molar-refractivity contribution in [2.24, 2.45) is 5.92 Å². The predicted octanol–water partition coefficient (Wildman–Crippen LogP) is 3.43. The van der Waals surface area contributed by atoms with E-state index < -0.39 is 5.92 Å². The Kier molecular flexibility index (Phi) is 3.70. The van der Waals surface area contributed by atoms with Crippen LogP contribution in [-0.2, 0) is 9.59 Å². The molecule has 2 heterocycles. The molecule has 0 spiro atoms. The molecular weight excluding hydrogens is 392 g/mol. The van der Waals surface area contributed by atoms with E-state index in [9.17, 15) is 9.59 Å². The number of hydrogen-bond acceptors (Lipinski definition) is 2. The fourth-order valence-corrected chi connectivity index (χ4v) is 3.61. The summed E-state index contributed by atoms with van der Waals surface area (Å²) in [7, 11) is 0. The second-order valence-corrected chi connectivity index (χ2v) is 7.12. The summed E-state index contributed by atoms with van der Waals surface area (Å²) in [5.41, 5.74) is 2.74. The Morgan fingerprint density at radius 2 is 1.62 bits per heavy atom.